The molecule has 0 fully saturated rings. The van der Waals surface area contributed by atoms with E-state index in [0.717, 1.165) is 64.6 Å². The van der Waals surface area contributed by atoms with Gasteiger partial charge in [0.2, 0.25) is 0 Å². The van der Waals surface area contributed by atoms with E-state index in [1.807, 2.05) is 56.4 Å². The van der Waals surface area contributed by atoms with Gasteiger partial charge in [-0.15, -0.1) is 0 Å². The topological polar surface area (TPSA) is 143 Å². The maximum atomic E-state index is 10.3. The van der Waals surface area contributed by atoms with E-state index in [9.17, 15) is 4.79 Å². The Hall–Kier alpha value is -5.22. The summed E-state index contributed by atoms with van der Waals surface area (Å²) < 4.78 is 3.83. The lowest BCUT2D eigenvalue weighted by atomic mass is 10.1. The monoisotopic (exact) mass is 559 g/mol. The predicted molar refractivity (Wildman–Crippen MR) is 165 cm³/mol. The fourth-order valence-electron chi connectivity index (χ4n) is 5.03. The van der Waals surface area contributed by atoms with Gasteiger partial charge < -0.3 is 11.5 Å². The molecule has 212 valence electrons. The number of benzene rings is 1. The fourth-order valence-corrected chi connectivity index (χ4v) is 5.03. The van der Waals surface area contributed by atoms with Crippen molar-refractivity contribution in [3.8, 4) is 22.9 Å². The van der Waals surface area contributed by atoms with Crippen LogP contribution in [0.1, 0.15) is 39.3 Å². The largest absolute Gasteiger partial charge is 0.383 e. The highest BCUT2D eigenvalue weighted by Crippen LogP contribution is 2.32. The molecule has 6 aromatic rings. The van der Waals surface area contributed by atoms with Gasteiger partial charge in [0.05, 0.1) is 5.56 Å². The van der Waals surface area contributed by atoms with Crippen LogP contribution in [0.5, 0.6) is 0 Å². The quantitative estimate of drug-likeness (QED) is 0.293. The lowest BCUT2D eigenvalue weighted by molar-refractivity contribution is 0.112. The first-order valence-electron chi connectivity index (χ1n) is 13.7. The second-order valence-electron chi connectivity index (χ2n) is 9.72. The second-order valence-corrected chi connectivity index (χ2v) is 9.72. The Kier molecular flexibility index (Phi) is 8.44. The van der Waals surface area contributed by atoms with Crippen LogP contribution in [0.3, 0.4) is 0 Å². The molecule has 1 aromatic carbocycles. The second kappa shape index (κ2) is 12.5. The molecule has 0 atom stereocenters. The SMILES string of the molecule is CN.Cc1ccc(C=O)c(C)n1.Nc1ncccc1-c1nc2ccc(-n3cccn3)nc2n1-c1ccc2c(c1)CCC2. The summed E-state index contributed by atoms with van der Waals surface area (Å²) in [6.45, 7) is 3.73. The summed E-state index contributed by atoms with van der Waals surface area (Å²) in [5.74, 6) is 1.92. The molecule has 0 radical (unpaired) electrons. The molecule has 42 heavy (non-hydrogen) atoms. The molecule has 5 heterocycles. The van der Waals surface area contributed by atoms with E-state index in [2.05, 4.69) is 43.6 Å². The van der Waals surface area contributed by atoms with Crippen molar-refractivity contribution in [3.05, 3.63) is 107 Å². The zero-order valence-corrected chi connectivity index (χ0v) is 23.9. The molecular weight excluding hydrogens is 526 g/mol. The molecule has 0 saturated heterocycles. The summed E-state index contributed by atoms with van der Waals surface area (Å²) >= 11 is 0. The van der Waals surface area contributed by atoms with Gasteiger partial charge in [-0.05, 0) is 106 Å². The van der Waals surface area contributed by atoms with Crippen molar-refractivity contribution < 1.29 is 4.79 Å². The molecule has 1 aliphatic carbocycles. The summed E-state index contributed by atoms with van der Waals surface area (Å²) in [5.41, 5.74) is 19.3. The molecule has 4 N–H and O–H groups in total. The molecule has 0 saturated carbocycles. The van der Waals surface area contributed by atoms with Crippen LogP contribution < -0.4 is 11.5 Å². The maximum absolute atomic E-state index is 10.3. The number of nitrogen functional groups attached to an aromatic ring is 1. The highest BCUT2D eigenvalue weighted by Gasteiger charge is 2.20. The Balaban J connectivity index is 0.000000249. The molecular formula is C32H33N9O. The summed E-state index contributed by atoms with van der Waals surface area (Å²) in [6, 6.07) is 19.8. The average Bonchev–Trinajstić information content (AvgIpc) is 3.78. The molecule has 1 aliphatic rings. The van der Waals surface area contributed by atoms with E-state index < -0.39 is 0 Å². The highest BCUT2D eigenvalue weighted by atomic mass is 16.1. The van der Waals surface area contributed by atoms with Gasteiger partial charge in [-0.25, -0.2) is 19.6 Å². The molecule has 0 bridgehead atoms. The number of rotatable bonds is 4. The number of aldehydes is 1. The number of fused-ring (bicyclic) bond motifs is 2. The number of aryl methyl sites for hydroxylation is 4. The van der Waals surface area contributed by atoms with E-state index >= 15 is 0 Å². The number of nitrogens with zero attached hydrogens (tertiary/aromatic N) is 7. The molecule has 10 heteroatoms. The zero-order chi connectivity index (χ0) is 29.6. The summed E-state index contributed by atoms with van der Waals surface area (Å²) in [7, 11) is 1.50. The van der Waals surface area contributed by atoms with Crippen molar-refractivity contribution >= 4 is 23.3 Å². The van der Waals surface area contributed by atoms with Crippen molar-refractivity contribution in [1.82, 2.24) is 34.3 Å². The predicted octanol–water partition coefficient (Wildman–Crippen LogP) is 4.82. The van der Waals surface area contributed by atoms with E-state index in [1.54, 1.807) is 23.1 Å². The summed E-state index contributed by atoms with van der Waals surface area (Å²) in [4.78, 5) is 28.5. The van der Waals surface area contributed by atoms with Crippen molar-refractivity contribution in [3.63, 3.8) is 0 Å². The summed E-state index contributed by atoms with van der Waals surface area (Å²) in [5, 5.41) is 4.32. The van der Waals surface area contributed by atoms with Crippen LogP contribution >= 0.6 is 0 Å². The van der Waals surface area contributed by atoms with Gasteiger partial charge in [-0.3, -0.25) is 14.3 Å². The number of aromatic nitrogens is 7. The smallest absolute Gasteiger partial charge is 0.167 e. The Morgan fingerprint density at radius 1 is 0.881 bits per heavy atom. The molecule has 0 amide bonds. The molecule has 0 spiro atoms. The van der Waals surface area contributed by atoms with E-state index in [1.165, 1.54) is 24.6 Å². The third-order valence-electron chi connectivity index (χ3n) is 7.04. The Morgan fingerprint density at radius 3 is 2.45 bits per heavy atom. The minimum atomic E-state index is 0.447. The van der Waals surface area contributed by atoms with Crippen molar-refractivity contribution in [2.45, 2.75) is 33.1 Å². The highest BCUT2D eigenvalue weighted by molar-refractivity contribution is 5.83. The lowest BCUT2D eigenvalue weighted by Gasteiger charge is -2.12. The van der Waals surface area contributed by atoms with Crippen LogP contribution in [-0.2, 0) is 12.8 Å². The van der Waals surface area contributed by atoms with Crippen LogP contribution in [-0.4, -0.2) is 47.6 Å². The third-order valence-corrected chi connectivity index (χ3v) is 7.04. The molecule has 10 nitrogen and oxygen atoms in total. The number of carbonyl (C=O) groups is 1. The number of imidazole rings is 1. The van der Waals surface area contributed by atoms with Gasteiger partial charge in [0.25, 0.3) is 0 Å². The first kappa shape index (κ1) is 28.3. The van der Waals surface area contributed by atoms with Crippen molar-refractivity contribution in [2.75, 3.05) is 12.8 Å². The molecule has 7 rings (SSSR count). The first-order valence-corrected chi connectivity index (χ1v) is 13.7. The average molecular weight is 560 g/mol. The van der Waals surface area contributed by atoms with Crippen LogP contribution in [0.2, 0.25) is 0 Å². The molecule has 5 aromatic heterocycles. The number of hydrogen-bond acceptors (Lipinski definition) is 8. The van der Waals surface area contributed by atoms with E-state index in [4.69, 9.17) is 15.7 Å². The van der Waals surface area contributed by atoms with E-state index in [-0.39, 0.29) is 0 Å². The number of hydrogen-bond donors (Lipinski definition) is 2. The standard InChI is InChI=1S/C23H19N7.C8H9NO.CH5N/c24-21-18(6-2-11-25-21)22-27-19-9-10-20(29-13-3-12-26-29)28-23(19)30(22)17-8-7-15-4-1-5-16(15)14-17;1-6-3-4-8(5-10)7(2)9-6;1-2/h2-3,6-14H,1,4-5H2,(H2,24,25);3-5H,1-2H3;2H2,1H3. The lowest BCUT2D eigenvalue weighted by Crippen LogP contribution is -2.04. The Morgan fingerprint density at radius 2 is 1.71 bits per heavy atom. The number of anilines is 1. The normalized spacial score (nSPS) is 11.7. The minimum absolute atomic E-state index is 0.447. The van der Waals surface area contributed by atoms with Crippen molar-refractivity contribution in [2.24, 2.45) is 5.73 Å². The summed E-state index contributed by atoms with van der Waals surface area (Å²) in [6.07, 6.45) is 9.58. The number of pyridine rings is 3. The van der Waals surface area contributed by atoms with Gasteiger partial charge in [-0.1, -0.05) is 6.07 Å². The van der Waals surface area contributed by atoms with Gasteiger partial charge in [0.15, 0.2) is 23.6 Å². The van der Waals surface area contributed by atoms with Gasteiger partial charge >= 0.3 is 0 Å². The number of carbonyl (C=O) groups excluding carboxylic acids is 1. The van der Waals surface area contributed by atoms with Crippen LogP contribution in [0.4, 0.5) is 5.82 Å². The first-order chi connectivity index (χ1) is 20.5. The van der Waals surface area contributed by atoms with Gasteiger partial charge in [0, 0.05) is 41.2 Å². The minimum Gasteiger partial charge on any atom is -0.383 e. The Labute approximate surface area is 244 Å². The van der Waals surface area contributed by atoms with Crippen LogP contribution in [0, 0.1) is 13.8 Å². The molecule has 0 unspecified atom stereocenters. The third kappa shape index (κ3) is 5.65. The fraction of sp³-hybridized carbons (Fsp3) is 0.188. The maximum Gasteiger partial charge on any atom is 0.167 e. The van der Waals surface area contributed by atoms with Crippen LogP contribution in [0.15, 0.2) is 79.3 Å². The zero-order valence-electron chi connectivity index (χ0n) is 23.9. The number of nitrogens with two attached hydrogens (primary N) is 2. The van der Waals surface area contributed by atoms with Crippen LogP contribution in [0.25, 0.3) is 34.1 Å². The Bertz CT molecular complexity index is 1840. The van der Waals surface area contributed by atoms with Gasteiger partial charge in [-0.2, -0.15) is 5.10 Å². The van der Waals surface area contributed by atoms with Crippen molar-refractivity contribution in [1.29, 1.82) is 0 Å². The van der Waals surface area contributed by atoms with E-state index in [0.29, 0.717) is 11.4 Å². The van der Waals surface area contributed by atoms with Gasteiger partial charge in [0.1, 0.15) is 11.3 Å². The molecule has 0 aliphatic heterocycles.